The van der Waals surface area contributed by atoms with Gasteiger partial charge in [-0.25, -0.2) is 4.39 Å². The predicted octanol–water partition coefficient (Wildman–Crippen LogP) is 3.53. The lowest BCUT2D eigenvalue weighted by molar-refractivity contribution is 0.0601. The molecule has 0 aliphatic heterocycles. The molecule has 1 nitrogen and oxygen atoms in total. The number of aliphatic hydroxyl groups is 1. The molecule has 3 rings (SSSR count). The summed E-state index contributed by atoms with van der Waals surface area (Å²) in [6.07, 6.45) is 2.07. The summed E-state index contributed by atoms with van der Waals surface area (Å²) in [6, 6.07) is 10.1. The summed E-state index contributed by atoms with van der Waals surface area (Å²) >= 11 is 1.55. The Morgan fingerprint density at radius 3 is 2.41 bits per heavy atom. The SMILES string of the molecule is OC(c1ccc(F)cc1)(c1cccs1)C1CC1. The molecule has 1 saturated carbocycles. The van der Waals surface area contributed by atoms with Gasteiger partial charge >= 0.3 is 0 Å². The fourth-order valence-electron chi connectivity index (χ4n) is 2.28. The van der Waals surface area contributed by atoms with Crippen molar-refractivity contribution in [1.82, 2.24) is 0 Å². The van der Waals surface area contributed by atoms with Crippen LogP contribution in [0, 0.1) is 11.7 Å². The maximum Gasteiger partial charge on any atom is 0.126 e. The molecule has 3 heteroatoms. The molecule has 1 heterocycles. The van der Waals surface area contributed by atoms with E-state index in [2.05, 4.69) is 0 Å². The molecule has 1 unspecified atom stereocenters. The van der Waals surface area contributed by atoms with Gasteiger partial charge in [-0.2, -0.15) is 0 Å². The molecule has 17 heavy (non-hydrogen) atoms. The van der Waals surface area contributed by atoms with Crippen molar-refractivity contribution in [3.05, 3.63) is 58.0 Å². The molecule has 1 aliphatic carbocycles. The first kappa shape index (κ1) is 10.9. The van der Waals surface area contributed by atoms with E-state index in [0.717, 1.165) is 23.3 Å². The molecular formula is C14H13FOS. The van der Waals surface area contributed by atoms with Crippen LogP contribution in [0.4, 0.5) is 4.39 Å². The van der Waals surface area contributed by atoms with Gasteiger partial charge in [0.2, 0.25) is 0 Å². The second-order valence-electron chi connectivity index (χ2n) is 4.52. The van der Waals surface area contributed by atoms with E-state index in [0.29, 0.717) is 0 Å². The highest BCUT2D eigenvalue weighted by Gasteiger charge is 2.47. The fraction of sp³-hybridized carbons (Fsp3) is 0.286. The van der Waals surface area contributed by atoms with E-state index in [-0.39, 0.29) is 11.7 Å². The van der Waals surface area contributed by atoms with Crippen molar-refractivity contribution >= 4 is 11.3 Å². The van der Waals surface area contributed by atoms with Crippen LogP contribution >= 0.6 is 11.3 Å². The Kier molecular flexibility index (Phi) is 2.53. The molecule has 0 amide bonds. The average molecular weight is 248 g/mol. The Balaban J connectivity index is 2.08. The topological polar surface area (TPSA) is 20.2 Å². The van der Waals surface area contributed by atoms with E-state index in [1.807, 2.05) is 17.5 Å². The van der Waals surface area contributed by atoms with Crippen LogP contribution in [0.1, 0.15) is 23.3 Å². The zero-order chi connectivity index (χ0) is 11.9. The minimum Gasteiger partial charge on any atom is -0.379 e. The first-order valence-electron chi connectivity index (χ1n) is 5.73. The van der Waals surface area contributed by atoms with E-state index in [4.69, 9.17) is 0 Å². The molecular weight excluding hydrogens is 235 g/mol. The summed E-state index contributed by atoms with van der Waals surface area (Å²) < 4.78 is 13.0. The monoisotopic (exact) mass is 248 g/mol. The maximum atomic E-state index is 13.0. The van der Waals surface area contributed by atoms with Gasteiger partial charge in [-0.05, 0) is 47.9 Å². The predicted molar refractivity (Wildman–Crippen MR) is 66.4 cm³/mol. The van der Waals surface area contributed by atoms with Crippen LogP contribution in [0.15, 0.2) is 41.8 Å². The lowest BCUT2D eigenvalue weighted by Gasteiger charge is -2.27. The summed E-state index contributed by atoms with van der Waals surface area (Å²) in [6.45, 7) is 0. The highest BCUT2D eigenvalue weighted by atomic mass is 32.1. The zero-order valence-electron chi connectivity index (χ0n) is 9.27. The summed E-state index contributed by atoms with van der Waals surface area (Å²) in [5, 5.41) is 12.9. The van der Waals surface area contributed by atoms with Gasteiger partial charge in [-0.15, -0.1) is 11.3 Å². The van der Waals surface area contributed by atoms with Crippen LogP contribution < -0.4 is 0 Å². The lowest BCUT2D eigenvalue weighted by Crippen LogP contribution is -2.28. The Morgan fingerprint density at radius 1 is 1.18 bits per heavy atom. The van der Waals surface area contributed by atoms with Gasteiger partial charge in [0.1, 0.15) is 11.4 Å². The Labute approximate surface area is 104 Å². The van der Waals surface area contributed by atoms with Gasteiger partial charge in [-0.3, -0.25) is 0 Å². The number of rotatable bonds is 3. The third-order valence-corrected chi connectivity index (χ3v) is 4.34. The smallest absolute Gasteiger partial charge is 0.126 e. The third-order valence-electron chi connectivity index (χ3n) is 3.35. The Morgan fingerprint density at radius 2 is 1.88 bits per heavy atom. The van der Waals surface area contributed by atoms with Crippen LogP contribution in [0.3, 0.4) is 0 Å². The Hall–Kier alpha value is -1.19. The van der Waals surface area contributed by atoms with Crippen molar-refractivity contribution in [3.8, 4) is 0 Å². The molecule has 1 fully saturated rings. The van der Waals surface area contributed by atoms with Crippen molar-refractivity contribution in [2.45, 2.75) is 18.4 Å². The van der Waals surface area contributed by atoms with Crippen molar-refractivity contribution in [1.29, 1.82) is 0 Å². The van der Waals surface area contributed by atoms with E-state index in [9.17, 15) is 9.50 Å². The fourth-order valence-corrected chi connectivity index (χ4v) is 3.20. The average Bonchev–Trinajstić information content (AvgIpc) is 3.05. The number of benzene rings is 1. The van der Waals surface area contributed by atoms with Crippen LogP contribution in [0.2, 0.25) is 0 Å². The second-order valence-corrected chi connectivity index (χ2v) is 5.47. The number of halogens is 1. The lowest BCUT2D eigenvalue weighted by atomic mass is 9.87. The van der Waals surface area contributed by atoms with Crippen LogP contribution in [0.5, 0.6) is 0 Å². The highest BCUT2D eigenvalue weighted by molar-refractivity contribution is 7.10. The summed E-state index contributed by atoms with van der Waals surface area (Å²) in [4.78, 5) is 0.951. The molecule has 0 bridgehead atoms. The van der Waals surface area contributed by atoms with Gasteiger partial charge in [0.05, 0.1) is 0 Å². The van der Waals surface area contributed by atoms with Crippen LogP contribution in [0.25, 0.3) is 0 Å². The number of thiophene rings is 1. The summed E-state index contributed by atoms with van der Waals surface area (Å²) in [5.74, 6) is 0.00434. The normalized spacial score (nSPS) is 18.9. The molecule has 1 aromatic carbocycles. The zero-order valence-corrected chi connectivity index (χ0v) is 10.1. The van der Waals surface area contributed by atoms with Gasteiger partial charge in [0.15, 0.2) is 0 Å². The first-order valence-corrected chi connectivity index (χ1v) is 6.61. The largest absolute Gasteiger partial charge is 0.379 e. The molecule has 0 saturated heterocycles. The number of hydrogen-bond donors (Lipinski definition) is 1. The van der Waals surface area contributed by atoms with Crippen LogP contribution in [-0.2, 0) is 5.60 Å². The molecule has 1 atom stereocenters. The molecule has 2 aromatic rings. The Bertz CT molecular complexity index is 502. The summed E-state index contributed by atoms with van der Waals surface area (Å²) in [5.41, 5.74) is -0.133. The van der Waals surface area contributed by atoms with E-state index >= 15 is 0 Å². The minimum absolute atomic E-state index is 0.266. The molecule has 0 radical (unpaired) electrons. The quantitative estimate of drug-likeness (QED) is 0.881. The highest BCUT2D eigenvalue weighted by Crippen LogP contribution is 2.50. The van der Waals surface area contributed by atoms with Gasteiger partial charge in [0, 0.05) is 4.88 Å². The minimum atomic E-state index is -0.929. The van der Waals surface area contributed by atoms with Crippen molar-refractivity contribution in [2.75, 3.05) is 0 Å². The van der Waals surface area contributed by atoms with Crippen molar-refractivity contribution < 1.29 is 9.50 Å². The van der Waals surface area contributed by atoms with Gasteiger partial charge < -0.3 is 5.11 Å². The van der Waals surface area contributed by atoms with Gasteiger partial charge in [-0.1, -0.05) is 18.2 Å². The molecule has 1 aromatic heterocycles. The van der Waals surface area contributed by atoms with E-state index in [1.165, 1.54) is 12.1 Å². The molecule has 1 aliphatic rings. The molecule has 1 N–H and O–H groups in total. The second kappa shape index (κ2) is 3.93. The third kappa shape index (κ3) is 1.79. The van der Waals surface area contributed by atoms with Crippen molar-refractivity contribution in [3.63, 3.8) is 0 Å². The standard InChI is InChI=1S/C14H13FOS/c15-12-7-5-11(6-8-12)14(16,10-3-4-10)13-2-1-9-17-13/h1-2,5-10,16H,3-4H2. The molecule has 88 valence electrons. The maximum absolute atomic E-state index is 13.0. The summed E-state index contributed by atoms with van der Waals surface area (Å²) in [7, 11) is 0. The van der Waals surface area contributed by atoms with Crippen molar-refractivity contribution in [2.24, 2.45) is 5.92 Å². The van der Waals surface area contributed by atoms with E-state index in [1.54, 1.807) is 23.5 Å². The number of hydrogen-bond acceptors (Lipinski definition) is 2. The first-order chi connectivity index (χ1) is 8.21. The van der Waals surface area contributed by atoms with Gasteiger partial charge in [0.25, 0.3) is 0 Å². The van der Waals surface area contributed by atoms with Crippen LogP contribution in [-0.4, -0.2) is 5.11 Å². The van der Waals surface area contributed by atoms with E-state index < -0.39 is 5.60 Å². The molecule has 0 spiro atoms.